The third kappa shape index (κ3) is 6.56. The number of rotatable bonds is 8. The van der Waals surface area contributed by atoms with Crippen LogP contribution < -0.4 is 15.4 Å². The summed E-state index contributed by atoms with van der Waals surface area (Å²) in [5.74, 6) is -0.745. The van der Waals surface area contributed by atoms with E-state index in [0.717, 1.165) is 12.1 Å². The molecule has 0 aliphatic heterocycles. The van der Waals surface area contributed by atoms with Crippen LogP contribution in [0.2, 0.25) is 0 Å². The molecule has 3 aromatic rings. The third-order valence-corrected chi connectivity index (χ3v) is 5.12. The average Bonchev–Trinajstić information content (AvgIpc) is 3.31. The van der Waals surface area contributed by atoms with Gasteiger partial charge in [-0.2, -0.15) is 13.2 Å². The first-order chi connectivity index (χ1) is 15.2. The number of nitrogens with one attached hydrogen (secondary N) is 2. The number of alkyl halides is 3. The quantitative estimate of drug-likeness (QED) is 0.467. The molecule has 3 rings (SSSR count). The highest BCUT2D eigenvalue weighted by Crippen LogP contribution is 2.31. The minimum atomic E-state index is -4.49. The van der Waals surface area contributed by atoms with Gasteiger partial charge in [0.2, 0.25) is 0 Å². The van der Waals surface area contributed by atoms with Crippen molar-refractivity contribution in [3.8, 4) is 5.75 Å². The summed E-state index contributed by atoms with van der Waals surface area (Å²) in [5, 5.41) is 17.0. The summed E-state index contributed by atoms with van der Waals surface area (Å²) in [6.45, 7) is -0.454. The fraction of sp³-hybridized carbons (Fsp3) is 0.182. The first-order valence-electron chi connectivity index (χ1n) is 9.43. The molecule has 6 nitrogen and oxygen atoms in total. The number of thiophene rings is 1. The maximum atomic E-state index is 12.7. The van der Waals surface area contributed by atoms with Crippen LogP contribution >= 0.6 is 11.3 Å². The summed E-state index contributed by atoms with van der Waals surface area (Å²) >= 11 is 1.31. The molecule has 1 aromatic heterocycles. The Labute approximate surface area is 185 Å². The zero-order valence-electron chi connectivity index (χ0n) is 16.6. The first-order valence-corrected chi connectivity index (χ1v) is 10.3. The molecule has 0 saturated heterocycles. The second kappa shape index (κ2) is 10.3. The van der Waals surface area contributed by atoms with E-state index in [1.54, 1.807) is 29.6 Å². The number of halogens is 3. The molecule has 0 saturated carbocycles. The number of anilines is 1. The number of amides is 2. The molecule has 2 amide bonds. The van der Waals surface area contributed by atoms with Crippen LogP contribution in [0.5, 0.6) is 5.75 Å². The molecule has 0 aliphatic rings. The summed E-state index contributed by atoms with van der Waals surface area (Å²) in [6.07, 6.45) is -5.62. The lowest BCUT2D eigenvalue weighted by Gasteiger charge is -2.14. The molecule has 0 radical (unpaired) electrons. The Kier molecular flexibility index (Phi) is 7.49. The molecule has 1 unspecified atom stereocenters. The van der Waals surface area contributed by atoms with Gasteiger partial charge < -0.3 is 20.5 Å². The second-order valence-electron chi connectivity index (χ2n) is 6.71. The van der Waals surface area contributed by atoms with Gasteiger partial charge >= 0.3 is 6.18 Å². The van der Waals surface area contributed by atoms with Crippen LogP contribution in [0.4, 0.5) is 18.9 Å². The normalized spacial score (nSPS) is 12.1. The molecule has 1 heterocycles. The van der Waals surface area contributed by atoms with Crippen molar-refractivity contribution in [2.75, 3.05) is 18.5 Å². The highest BCUT2D eigenvalue weighted by atomic mass is 32.1. The van der Waals surface area contributed by atoms with Gasteiger partial charge in [-0.3, -0.25) is 9.59 Å². The van der Waals surface area contributed by atoms with E-state index in [0.29, 0.717) is 16.1 Å². The van der Waals surface area contributed by atoms with E-state index in [2.05, 4.69) is 10.6 Å². The van der Waals surface area contributed by atoms with Gasteiger partial charge in [-0.15, -0.1) is 11.3 Å². The van der Waals surface area contributed by atoms with E-state index in [1.165, 1.54) is 35.6 Å². The van der Waals surface area contributed by atoms with Gasteiger partial charge in [-0.25, -0.2) is 0 Å². The summed E-state index contributed by atoms with van der Waals surface area (Å²) in [6, 6.07) is 14.0. The Morgan fingerprint density at radius 3 is 2.44 bits per heavy atom. The number of benzene rings is 2. The van der Waals surface area contributed by atoms with Crippen molar-refractivity contribution >= 4 is 28.8 Å². The third-order valence-electron chi connectivity index (χ3n) is 4.25. The Hall–Kier alpha value is -3.37. The lowest BCUT2D eigenvalue weighted by molar-refractivity contribution is -0.137. The highest BCUT2D eigenvalue weighted by molar-refractivity contribution is 7.12. The molecule has 0 aliphatic carbocycles. The number of hydrogen-bond acceptors (Lipinski definition) is 5. The van der Waals surface area contributed by atoms with Crippen LogP contribution in [0.25, 0.3) is 0 Å². The molecule has 0 bridgehead atoms. The van der Waals surface area contributed by atoms with E-state index in [4.69, 9.17) is 4.74 Å². The largest absolute Gasteiger partial charge is 0.491 e. The second-order valence-corrected chi connectivity index (χ2v) is 7.66. The summed E-state index contributed by atoms with van der Waals surface area (Å²) in [7, 11) is 0. The zero-order valence-corrected chi connectivity index (χ0v) is 17.4. The smallest absolute Gasteiger partial charge is 0.416 e. The molecule has 0 fully saturated rings. The van der Waals surface area contributed by atoms with Crippen molar-refractivity contribution in [2.45, 2.75) is 12.3 Å². The number of ether oxygens (including phenoxy) is 1. The lowest BCUT2D eigenvalue weighted by atomic mass is 10.2. The maximum absolute atomic E-state index is 12.7. The number of hydrogen-bond donors (Lipinski definition) is 3. The van der Waals surface area contributed by atoms with Crippen molar-refractivity contribution in [1.82, 2.24) is 5.32 Å². The fourth-order valence-electron chi connectivity index (χ4n) is 2.63. The predicted molar refractivity (Wildman–Crippen MR) is 114 cm³/mol. The van der Waals surface area contributed by atoms with Gasteiger partial charge in [0.25, 0.3) is 11.8 Å². The van der Waals surface area contributed by atoms with Crippen LogP contribution in [0, 0.1) is 0 Å². The number of carbonyl (C=O) groups is 2. The van der Waals surface area contributed by atoms with E-state index in [1.807, 2.05) is 0 Å². The standard InChI is InChI=1S/C22H19F3N2O4S/c23-22(24,25)15-3-1-4-18(11-15)31-13-17(28)12-26-20(29)14-6-8-16(9-7-14)27-21(30)19-5-2-10-32-19/h1-11,17,28H,12-13H2,(H,26,29)(H,27,30). The maximum Gasteiger partial charge on any atom is 0.416 e. The van der Waals surface area contributed by atoms with Crippen molar-refractivity contribution in [2.24, 2.45) is 0 Å². The van der Waals surface area contributed by atoms with E-state index < -0.39 is 23.8 Å². The van der Waals surface area contributed by atoms with Gasteiger partial charge in [0, 0.05) is 17.8 Å². The molecule has 0 spiro atoms. The Balaban J connectivity index is 1.45. The number of aliphatic hydroxyl groups excluding tert-OH is 1. The minimum Gasteiger partial charge on any atom is -0.491 e. The van der Waals surface area contributed by atoms with Crippen molar-refractivity contribution in [3.63, 3.8) is 0 Å². The lowest BCUT2D eigenvalue weighted by Crippen LogP contribution is -2.35. The van der Waals surface area contributed by atoms with Crippen LogP contribution in [0.3, 0.4) is 0 Å². The van der Waals surface area contributed by atoms with Gasteiger partial charge in [0.1, 0.15) is 18.5 Å². The van der Waals surface area contributed by atoms with E-state index >= 15 is 0 Å². The Morgan fingerprint density at radius 2 is 1.78 bits per heavy atom. The van der Waals surface area contributed by atoms with Crippen LogP contribution in [-0.2, 0) is 6.18 Å². The van der Waals surface area contributed by atoms with E-state index in [-0.39, 0.29) is 24.8 Å². The van der Waals surface area contributed by atoms with Gasteiger partial charge in [0.05, 0.1) is 10.4 Å². The van der Waals surface area contributed by atoms with E-state index in [9.17, 15) is 27.9 Å². The Morgan fingerprint density at radius 1 is 1.03 bits per heavy atom. The topological polar surface area (TPSA) is 87.7 Å². The Bertz CT molecular complexity index is 1050. The monoisotopic (exact) mass is 464 g/mol. The van der Waals surface area contributed by atoms with Crippen LogP contribution in [-0.4, -0.2) is 36.2 Å². The summed E-state index contributed by atoms with van der Waals surface area (Å²) < 4.78 is 43.3. The van der Waals surface area contributed by atoms with Crippen molar-refractivity contribution in [1.29, 1.82) is 0 Å². The zero-order chi connectivity index (χ0) is 23.1. The summed E-state index contributed by atoms with van der Waals surface area (Å²) in [5.41, 5.74) is -0.0209. The molecule has 168 valence electrons. The minimum absolute atomic E-state index is 0.0367. The van der Waals surface area contributed by atoms with Crippen molar-refractivity contribution in [3.05, 3.63) is 82.0 Å². The van der Waals surface area contributed by atoms with Crippen LogP contribution in [0.15, 0.2) is 66.0 Å². The van der Waals surface area contributed by atoms with Gasteiger partial charge in [0.15, 0.2) is 0 Å². The molecule has 3 N–H and O–H groups in total. The molecule has 32 heavy (non-hydrogen) atoms. The number of aliphatic hydroxyl groups is 1. The highest BCUT2D eigenvalue weighted by Gasteiger charge is 2.30. The van der Waals surface area contributed by atoms with Gasteiger partial charge in [-0.05, 0) is 53.9 Å². The fourth-order valence-corrected chi connectivity index (χ4v) is 3.25. The predicted octanol–water partition coefficient (Wildman–Crippen LogP) is 4.19. The van der Waals surface area contributed by atoms with Crippen molar-refractivity contribution < 1.29 is 32.6 Å². The molecular weight excluding hydrogens is 445 g/mol. The SMILES string of the molecule is O=C(NCC(O)COc1cccc(C(F)(F)F)c1)c1ccc(NC(=O)c2cccs2)cc1. The first kappa shape index (κ1) is 23.3. The molecule has 2 aromatic carbocycles. The van der Waals surface area contributed by atoms with Crippen LogP contribution in [0.1, 0.15) is 25.6 Å². The molecule has 10 heteroatoms. The average molecular weight is 464 g/mol. The number of carbonyl (C=O) groups excluding carboxylic acids is 2. The summed E-state index contributed by atoms with van der Waals surface area (Å²) in [4.78, 5) is 24.8. The molecule has 1 atom stereocenters. The van der Waals surface area contributed by atoms with Gasteiger partial charge in [-0.1, -0.05) is 12.1 Å². The molecular formula is C22H19F3N2O4S.